The number of benzene rings is 1. The summed E-state index contributed by atoms with van der Waals surface area (Å²) in [5, 5.41) is 12.5. The van der Waals surface area contributed by atoms with Crippen LogP contribution < -0.4 is 5.32 Å². The SMILES string of the molecule is CCS(=O)(=O)CCNc1ncnc2cc(C(=O)O)ccc12. The average molecular weight is 309 g/mol. The third kappa shape index (κ3) is 3.66. The Balaban J connectivity index is 2.23. The van der Waals surface area contributed by atoms with E-state index in [1.54, 1.807) is 13.0 Å². The first-order valence-corrected chi connectivity index (χ1v) is 8.17. The Bertz CT molecular complexity index is 774. The fourth-order valence-corrected chi connectivity index (χ4v) is 2.50. The number of sulfone groups is 1. The zero-order valence-corrected chi connectivity index (χ0v) is 12.2. The molecule has 0 amide bonds. The Hall–Kier alpha value is -2.22. The maximum absolute atomic E-state index is 11.4. The van der Waals surface area contributed by atoms with E-state index in [1.807, 2.05) is 0 Å². The number of carboxylic acid groups (broad SMARTS) is 1. The van der Waals surface area contributed by atoms with Gasteiger partial charge in [-0.2, -0.15) is 0 Å². The second-order valence-corrected chi connectivity index (χ2v) is 6.90. The molecule has 0 fully saturated rings. The zero-order valence-electron chi connectivity index (χ0n) is 11.4. The summed E-state index contributed by atoms with van der Waals surface area (Å²) >= 11 is 0. The molecule has 112 valence electrons. The fourth-order valence-electron chi connectivity index (χ4n) is 1.80. The van der Waals surface area contributed by atoms with Gasteiger partial charge < -0.3 is 10.4 Å². The standard InChI is InChI=1S/C13H15N3O4S/c1-2-21(19,20)6-5-14-12-10-4-3-9(13(17)18)7-11(10)15-8-16-12/h3-4,7-8H,2,5-6H2,1H3,(H,17,18)(H,14,15,16). The minimum absolute atomic E-state index is 0.0161. The van der Waals surface area contributed by atoms with Gasteiger partial charge in [0.15, 0.2) is 9.84 Å². The van der Waals surface area contributed by atoms with Gasteiger partial charge in [0.05, 0.1) is 16.8 Å². The quantitative estimate of drug-likeness (QED) is 0.824. The number of carbonyl (C=O) groups is 1. The van der Waals surface area contributed by atoms with Crippen molar-refractivity contribution >= 4 is 32.5 Å². The molecular weight excluding hydrogens is 294 g/mol. The first-order valence-electron chi connectivity index (χ1n) is 6.35. The van der Waals surface area contributed by atoms with Gasteiger partial charge in [-0.3, -0.25) is 0 Å². The Morgan fingerprint density at radius 3 is 2.76 bits per heavy atom. The largest absolute Gasteiger partial charge is 0.478 e. The Labute approximate surface area is 122 Å². The van der Waals surface area contributed by atoms with E-state index in [2.05, 4.69) is 15.3 Å². The number of carboxylic acids is 1. The van der Waals surface area contributed by atoms with Crippen molar-refractivity contribution in [2.75, 3.05) is 23.4 Å². The Morgan fingerprint density at radius 2 is 2.10 bits per heavy atom. The first kappa shape index (κ1) is 15.2. The maximum atomic E-state index is 11.4. The minimum Gasteiger partial charge on any atom is -0.478 e. The van der Waals surface area contributed by atoms with Crippen molar-refractivity contribution < 1.29 is 18.3 Å². The van der Waals surface area contributed by atoms with E-state index in [0.717, 1.165) is 0 Å². The lowest BCUT2D eigenvalue weighted by atomic mass is 10.1. The average Bonchev–Trinajstić information content (AvgIpc) is 2.46. The van der Waals surface area contributed by atoms with Crippen molar-refractivity contribution in [1.29, 1.82) is 0 Å². The van der Waals surface area contributed by atoms with Crippen molar-refractivity contribution in [2.45, 2.75) is 6.92 Å². The molecule has 0 radical (unpaired) electrons. The highest BCUT2D eigenvalue weighted by molar-refractivity contribution is 7.91. The number of hydrogen-bond acceptors (Lipinski definition) is 6. The number of aromatic carboxylic acids is 1. The molecule has 0 spiro atoms. The lowest BCUT2D eigenvalue weighted by Gasteiger charge is -2.08. The summed E-state index contributed by atoms with van der Waals surface area (Å²) < 4.78 is 22.9. The molecule has 0 saturated carbocycles. The van der Waals surface area contributed by atoms with E-state index >= 15 is 0 Å². The van der Waals surface area contributed by atoms with Gasteiger partial charge in [-0.25, -0.2) is 23.2 Å². The number of nitrogens with one attached hydrogen (secondary N) is 1. The van der Waals surface area contributed by atoms with Crippen LogP contribution in [0.2, 0.25) is 0 Å². The van der Waals surface area contributed by atoms with Crippen molar-refractivity contribution in [3.8, 4) is 0 Å². The first-order chi connectivity index (χ1) is 9.93. The molecule has 21 heavy (non-hydrogen) atoms. The molecule has 0 aliphatic rings. The lowest BCUT2D eigenvalue weighted by molar-refractivity contribution is 0.0697. The molecule has 0 aliphatic carbocycles. The highest BCUT2D eigenvalue weighted by atomic mass is 32.2. The van der Waals surface area contributed by atoms with Crippen molar-refractivity contribution in [2.24, 2.45) is 0 Å². The summed E-state index contributed by atoms with van der Waals surface area (Å²) in [7, 11) is -3.04. The number of aromatic nitrogens is 2. The molecule has 0 atom stereocenters. The van der Waals surface area contributed by atoms with Gasteiger partial charge in [-0.15, -0.1) is 0 Å². The Kier molecular flexibility index (Phi) is 4.37. The minimum atomic E-state index is -3.04. The third-order valence-corrected chi connectivity index (χ3v) is 4.73. The summed E-state index contributed by atoms with van der Waals surface area (Å²) in [5.74, 6) is -0.425. The zero-order chi connectivity index (χ0) is 15.5. The van der Waals surface area contributed by atoms with E-state index in [-0.39, 0.29) is 23.6 Å². The molecule has 7 nitrogen and oxygen atoms in total. The molecule has 0 aliphatic heterocycles. The van der Waals surface area contributed by atoms with E-state index in [9.17, 15) is 13.2 Å². The molecule has 8 heteroatoms. The monoisotopic (exact) mass is 309 g/mol. The van der Waals surface area contributed by atoms with Crippen LogP contribution in [0.3, 0.4) is 0 Å². The second kappa shape index (κ2) is 6.04. The van der Waals surface area contributed by atoms with Crippen LogP contribution in [0, 0.1) is 0 Å². The van der Waals surface area contributed by atoms with Gasteiger partial charge in [0, 0.05) is 17.7 Å². The fraction of sp³-hybridized carbons (Fsp3) is 0.308. The molecule has 0 bridgehead atoms. The summed E-state index contributed by atoms with van der Waals surface area (Å²) in [5.41, 5.74) is 0.631. The summed E-state index contributed by atoms with van der Waals surface area (Å²) in [6.45, 7) is 1.84. The molecule has 1 heterocycles. The predicted molar refractivity (Wildman–Crippen MR) is 79.3 cm³/mol. The second-order valence-electron chi connectivity index (χ2n) is 4.42. The van der Waals surface area contributed by atoms with E-state index in [4.69, 9.17) is 5.11 Å². The molecule has 0 saturated heterocycles. The number of hydrogen-bond donors (Lipinski definition) is 2. The predicted octanol–water partition coefficient (Wildman–Crippen LogP) is 1.17. The lowest BCUT2D eigenvalue weighted by Crippen LogP contribution is -2.17. The van der Waals surface area contributed by atoms with Crippen LogP contribution in [0.15, 0.2) is 24.5 Å². The highest BCUT2D eigenvalue weighted by Gasteiger charge is 2.10. The van der Waals surface area contributed by atoms with Crippen molar-refractivity contribution in [1.82, 2.24) is 9.97 Å². The number of anilines is 1. The summed E-state index contributed by atoms with van der Waals surface area (Å²) in [6.07, 6.45) is 1.31. The van der Waals surface area contributed by atoms with E-state index < -0.39 is 15.8 Å². The molecule has 2 aromatic rings. The van der Waals surface area contributed by atoms with Gasteiger partial charge >= 0.3 is 5.97 Å². The van der Waals surface area contributed by atoms with Crippen LogP contribution in [-0.4, -0.2) is 47.5 Å². The molecule has 2 N–H and O–H groups in total. The molecule has 0 unspecified atom stereocenters. The highest BCUT2D eigenvalue weighted by Crippen LogP contribution is 2.20. The van der Waals surface area contributed by atoms with Crippen LogP contribution in [0.4, 0.5) is 5.82 Å². The van der Waals surface area contributed by atoms with E-state index in [0.29, 0.717) is 16.7 Å². The number of nitrogens with zero attached hydrogens (tertiary/aromatic N) is 2. The van der Waals surface area contributed by atoms with E-state index in [1.165, 1.54) is 18.5 Å². The summed E-state index contributed by atoms with van der Waals surface area (Å²) in [6, 6.07) is 4.52. The number of rotatable bonds is 6. The topological polar surface area (TPSA) is 109 Å². The van der Waals surface area contributed by atoms with Crippen LogP contribution in [0.5, 0.6) is 0 Å². The van der Waals surface area contributed by atoms with Gasteiger partial charge in [-0.05, 0) is 18.2 Å². The molecular formula is C13H15N3O4S. The molecule has 1 aromatic carbocycles. The van der Waals surface area contributed by atoms with Gasteiger partial charge in [0.2, 0.25) is 0 Å². The number of fused-ring (bicyclic) bond motifs is 1. The van der Waals surface area contributed by atoms with Gasteiger partial charge in [0.25, 0.3) is 0 Å². The molecule has 1 aromatic heterocycles. The maximum Gasteiger partial charge on any atom is 0.335 e. The molecule has 2 rings (SSSR count). The third-order valence-electron chi connectivity index (χ3n) is 3.03. The van der Waals surface area contributed by atoms with Gasteiger partial charge in [-0.1, -0.05) is 6.92 Å². The van der Waals surface area contributed by atoms with Crippen LogP contribution in [0.1, 0.15) is 17.3 Å². The Morgan fingerprint density at radius 1 is 1.33 bits per heavy atom. The van der Waals surface area contributed by atoms with Crippen molar-refractivity contribution in [3.05, 3.63) is 30.1 Å². The normalized spacial score (nSPS) is 11.5. The van der Waals surface area contributed by atoms with Crippen LogP contribution >= 0.6 is 0 Å². The smallest absolute Gasteiger partial charge is 0.335 e. The van der Waals surface area contributed by atoms with Crippen LogP contribution in [-0.2, 0) is 9.84 Å². The van der Waals surface area contributed by atoms with Gasteiger partial charge in [0.1, 0.15) is 12.1 Å². The summed E-state index contributed by atoms with van der Waals surface area (Å²) in [4.78, 5) is 19.0. The van der Waals surface area contributed by atoms with Crippen LogP contribution in [0.25, 0.3) is 10.9 Å². The van der Waals surface area contributed by atoms with Crippen molar-refractivity contribution in [3.63, 3.8) is 0 Å².